The molecule has 0 aliphatic heterocycles. The summed E-state index contributed by atoms with van der Waals surface area (Å²) in [4.78, 5) is 18.7. The van der Waals surface area contributed by atoms with E-state index in [1.54, 1.807) is 0 Å². The number of aromatic carboxylic acids is 1. The van der Waals surface area contributed by atoms with Crippen LogP contribution < -0.4 is 5.32 Å². The third kappa shape index (κ3) is 2.82. The molecule has 0 fully saturated rings. The monoisotopic (exact) mass is 243 g/mol. The van der Waals surface area contributed by atoms with Crippen LogP contribution in [0, 0.1) is 6.92 Å². The van der Waals surface area contributed by atoms with Crippen LogP contribution >= 0.6 is 0 Å². The van der Waals surface area contributed by atoms with Crippen molar-refractivity contribution in [3.63, 3.8) is 0 Å². The lowest BCUT2D eigenvalue weighted by molar-refractivity contribution is 0.0694. The van der Waals surface area contributed by atoms with Gasteiger partial charge in [-0.1, -0.05) is 12.1 Å². The van der Waals surface area contributed by atoms with Crippen LogP contribution in [0.4, 0.5) is 5.69 Å². The van der Waals surface area contributed by atoms with Gasteiger partial charge in [0.25, 0.3) is 0 Å². The Labute approximate surface area is 105 Å². The van der Waals surface area contributed by atoms with Gasteiger partial charge in [0.1, 0.15) is 11.9 Å². The first-order chi connectivity index (χ1) is 8.66. The molecule has 18 heavy (non-hydrogen) atoms. The Kier molecular flexibility index (Phi) is 3.52. The number of carbonyl (C=O) groups is 1. The van der Waals surface area contributed by atoms with Crippen LogP contribution in [0.3, 0.4) is 0 Å². The van der Waals surface area contributed by atoms with Crippen LogP contribution in [-0.2, 0) is 6.54 Å². The molecular formula is C13H13N3O2. The molecule has 92 valence electrons. The molecular weight excluding hydrogens is 230 g/mol. The van der Waals surface area contributed by atoms with E-state index in [0.717, 1.165) is 11.3 Å². The molecule has 5 nitrogen and oxygen atoms in total. The predicted octanol–water partition coefficient (Wildman–Crippen LogP) is 2.10. The molecule has 0 spiro atoms. The number of hydrogen-bond acceptors (Lipinski definition) is 4. The molecule has 0 saturated heterocycles. The minimum Gasteiger partial charge on any atom is -0.478 e. The molecule has 1 heterocycles. The Balaban J connectivity index is 2.13. The van der Waals surface area contributed by atoms with Gasteiger partial charge in [0.2, 0.25) is 0 Å². The number of nitrogens with one attached hydrogen (secondary N) is 1. The summed E-state index contributed by atoms with van der Waals surface area (Å²) in [5, 5.41) is 12.1. The quantitative estimate of drug-likeness (QED) is 0.860. The lowest BCUT2D eigenvalue weighted by atomic mass is 10.2. The van der Waals surface area contributed by atoms with Gasteiger partial charge in [0, 0.05) is 11.9 Å². The van der Waals surface area contributed by atoms with Crippen molar-refractivity contribution in [1.29, 1.82) is 0 Å². The average Bonchev–Trinajstić information content (AvgIpc) is 2.37. The fourth-order valence-corrected chi connectivity index (χ4v) is 1.62. The number of aryl methyl sites for hydroxylation is 1. The van der Waals surface area contributed by atoms with E-state index >= 15 is 0 Å². The van der Waals surface area contributed by atoms with Gasteiger partial charge in [0.15, 0.2) is 0 Å². The number of carboxylic acid groups (broad SMARTS) is 1. The molecule has 1 aromatic carbocycles. The standard InChI is InChI=1S/C13H13N3O2/c1-9-3-2-4-10(5-9)15-7-12-11(13(17)18)6-14-8-16-12/h2-6,8,15H,7H2,1H3,(H,17,18). The topological polar surface area (TPSA) is 75.1 Å². The van der Waals surface area contributed by atoms with E-state index in [9.17, 15) is 4.79 Å². The zero-order valence-corrected chi connectivity index (χ0v) is 9.92. The van der Waals surface area contributed by atoms with Crippen molar-refractivity contribution in [2.24, 2.45) is 0 Å². The van der Waals surface area contributed by atoms with Crippen molar-refractivity contribution in [3.8, 4) is 0 Å². The lowest BCUT2D eigenvalue weighted by Crippen LogP contribution is -2.10. The third-order valence-electron chi connectivity index (χ3n) is 2.50. The number of hydrogen-bond donors (Lipinski definition) is 2. The summed E-state index contributed by atoms with van der Waals surface area (Å²) in [6.07, 6.45) is 2.66. The fraction of sp³-hybridized carbons (Fsp3) is 0.154. The molecule has 1 aromatic heterocycles. The molecule has 2 rings (SSSR count). The maximum atomic E-state index is 11.0. The summed E-state index contributed by atoms with van der Waals surface area (Å²) in [6, 6.07) is 7.85. The zero-order valence-electron chi connectivity index (χ0n) is 9.92. The average molecular weight is 243 g/mol. The molecule has 0 bridgehead atoms. The van der Waals surface area contributed by atoms with Gasteiger partial charge in [-0.05, 0) is 24.6 Å². The highest BCUT2D eigenvalue weighted by molar-refractivity contribution is 5.88. The molecule has 0 atom stereocenters. The first-order valence-electron chi connectivity index (χ1n) is 5.49. The largest absolute Gasteiger partial charge is 0.478 e. The van der Waals surface area contributed by atoms with Gasteiger partial charge in [-0.2, -0.15) is 0 Å². The molecule has 0 aliphatic rings. The van der Waals surface area contributed by atoms with Gasteiger partial charge in [-0.15, -0.1) is 0 Å². The predicted molar refractivity (Wildman–Crippen MR) is 67.5 cm³/mol. The van der Waals surface area contributed by atoms with E-state index < -0.39 is 5.97 Å². The van der Waals surface area contributed by atoms with E-state index in [4.69, 9.17) is 5.11 Å². The summed E-state index contributed by atoms with van der Waals surface area (Å²) >= 11 is 0. The maximum absolute atomic E-state index is 11.0. The number of anilines is 1. The molecule has 0 saturated carbocycles. The SMILES string of the molecule is Cc1cccc(NCc2ncncc2C(=O)O)c1. The number of aromatic nitrogens is 2. The Morgan fingerprint density at radius 3 is 3.00 bits per heavy atom. The Hall–Kier alpha value is -2.43. The van der Waals surface area contributed by atoms with Crippen molar-refractivity contribution in [3.05, 3.63) is 53.6 Å². The molecule has 0 unspecified atom stereocenters. The summed E-state index contributed by atoms with van der Waals surface area (Å²) in [7, 11) is 0. The Morgan fingerprint density at radius 2 is 2.28 bits per heavy atom. The summed E-state index contributed by atoms with van der Waals surface area (Å²) < 4.78 is 0. The van der Waals surface area contributed by atoms with Crippen LogP contribution in [-0.4, -0.2) is 21.0 Å². The summed E-state index contributed by atoms with van der Waals surface area (Å²) in [5.74, 6) is -1.02. The van der Waals surface area contributed by atoms with Gasteiger partial charge in [-0.25, -0.2) is 14.8 Å². The van der Waals surface area contributed by atoms with Crippen molar-refractivity contribution in [2.75, 3.05) is 5.32 Å². The Morgan fingerprint density at radius 1 is 1.44 bits per heavy atom. The molecule has 5 heteroatoms. The van der Waals surface area contributed by atoms with Gasteiger partial charge in [-0.3, -0.25) is 0 Å². The second kappa shape index (κ2) is 5.27. The van der Waals surface area contributed by atoms with Gasteiger partial charge in [0.05, 0.1) is 12.2 Å². The second-order valence-electron chi connectivity index (χ2n) is 3.91. The van der Waals surface area contributed by atoms with Crippen molar-refractivity contribution in [1.82, 2.24) is 9.97 Å². The maximum Gasteiger partial charge on any atom is 0.339 e. The van der Waals surface area contributed by atoms with E-state index in [1.807, 2.05) is 31.2 Å². The Bertz CT molecular complexity index is 570. The smallest absolute Gasteiger partial charge is 0.339 e. The van der Waals surface area contributed by atoms with Crippen molar-refractivity contribution in [2.45, 2.75) is 13.5 Å². The number of rotatable bonds is 4. The number of nitrogens with zero attached hydrogens (tertiary/aromatic N) is 2. The summed E-state index contributed by atoms with van der Waals surface area (Å²) in [5.41, 5.74) is 2.67. The highest BCUT2D eigenvalue weighted by atomic mass is 16.4. The minimum atomic E-state index is -1.02. The first-order valence-corrected chi connectivity index (χ1v) is 5.49. The van der Waals surface area contributed by atoms with Gasteiger partial charge >= 0.3 is 5.97 Å². The highest BCUT2D eigenvalue weighted by Gasteiger charge is 2.10. The normalized spacial score (nSPS) is 10.1. The third-order valence-corrected chi connectivity index (χ3v) is 2.50. The molecule has 2 N–H and O–H groups in total. The molecule has 0 radical (unpaired) electrons. The van der Waals surface area contributed by atoms with Crippen LogP contribution in [0.1, 0.15) is 21.6 Å². The lowest BCUT2D eigenvalue weighted by Gasteiger charge is -2.08. The van der Waals surface area contributed by atoms with Crippen LogP contribution in [0.5, 0.6) is 0 Å². The minimum absolute atomic E-state index is 0.123. The number of carboxylic acids is 1. The van der Waals surface area contributed by atoms with E-state index in [2.05, 4.69) is 15.3 Å². The molecule has 0 amide bonds. The molecule has 0 aliphatic carbocycles. The van der Waals surface area contributed by atoms with Crippen LogP contribution in [0.25, 0.3) is 0 Å². The molecule has 2 aromatic rings. The van der Waals surface area contributed by atoms with E-state index in [0.29, 0.717) is 12.2 Å². The van der Waals surface area contributed by atoms with E-state index in [-0.39, 0.29) is 5.56 Å². The fourth-order valence-electron chi connectivity index (χ4n) is 1.62. The van der Waals surface area contributed by atoms with Gasteiger partial charge < -0.3 is 10.4 Å². The number of benzene rings is 1. The van der Waals surface area contributed by atoms with Crippen molar-refractivity contribution < 1.29 is 9.90 Å². The van der Waals surface area contributed by atoms with Crippen LogP contribution in [0.15, 0.2) is 36.8 Å². The second-order valence-corrected chi connectivity index (χ2v) is 3.91. The highest BCUT2D eigenvalue weighted by Crippen LogP contribution is 2.12. The van der Waals surface area contributed by atoms with Crippen LogP contribution in [0.2, 0.25) is 0 Å². The zero-order chi connectivity index (χ0) is 13.0. The van der Waals surface area contributed by atoms with Crippen molar-refractivity contribution >= 4 is 11.7 Å². The first kappa shape index (κ1) is 12.0. The summed E-state index contributed by atoms with van der Waals surface area (Å²) in [6.45, 7) is 2.35. The van der Waals surface area contributed by atoms with E-state index in [1.165, 1.54) is 12.5 Å².